The summed E-state index contributed by atoms with van der Waals surface area (Å²) in [7, 11) is 0. The number of hydrogen-bond acceptors (Lipinski definition) is 3. The predicted octanol–water partition coefficient (Wildman–Crippen LogP) is 3.09. The van der Waals surface area contributed by atoms with Gasteiger partial charge >= 0.3 is 0 Å². The Balaban J connectivity index is 1.50. The topological polar surface area (TPSA) is 75.3 Å². The van der Waals surface area contributed by atoms with E-state index < -0.39 is 0 Å². The minimum absolute atomic E-state index is 0.0547. The Morgan fingerprint density at radius 2 is 1.69 bits per heavy atom. The van der Waals surface area contributed by atoms with Crippen LogP contribution in [0.1, 0.15) is 34.8 Å². The van der Waals surface area contributed by atoms with E-state index >= 15 is 0 Å². The molecule has 5 heteroatoms. The van der Waals surface area contributed by atoms with E-state index in [-0.39, 0.29) is 29.4 Å². The van der Waals surface area contributed by atoms with Gasteiger partial charge in [-0.15, -0.1) is 0 Å². The molecule has 2 aromatic rings. The van der Waals surface area contributed by atoms with Crippen molar-refractivity contribution >= 4 is 23.3 Å². The number of carbonyl (C=O) groups is 3. The van der Waals surface area contributed by atoms with Gasteiger partial charge in [0, 0.05) is 17.8 Å². The largest absolute Gasteiger partial charge is 0.352 e. The number of ketones is 1. The molecule has 3 rings (SSSR count). The number of aryl methyl sites for hydroxylation is 1. The van der Waals surface area contributed by atoms with Crippen molar-refractivity contribution in [3.05, 3.63) is 65.2 Å². The van der Waals surface area contributed by atoms with E-state index in [1.54, 1.807) is 24.3 Å². The fourth-order valence-electron chi connectivity index (χ4n) is 2.85. The van der Waals surface area contributed by atoms with E-state index in [2.05, 4.69) is 10.6 Å². The van der Waals surface area contributed by atoms with Crippen molar-refractivity contribution in [3.63, 3.8) is 0 Å². The highest BCUT2D eigenvalue weighted by atomic mass is 16.2. The van der Waals surface area contributed by atoms with Gasteiger partial charge < -0.3 is 10.6 Å². The Bertz CT molecular complexity index is 843. The van der Waals surface area contributed by atoms with Crippen LogP contribution in [0.25, 0.3) is 0 Å². The summed E-state index contributed by atoms with van der Waals surface area (Å²) < 4.78 is 0. The zero-order chi connectivity index (χ0) is 18.7. The quantitative estimate of drug-likeness (QED) is 0.786. The molecular formula is C21H22N2O3. The average Bonchev–Trinajstić information content (AvgIpc) is 3.42. The van der Waals surface area contributed by atoms with Crippen LogP contribution in [-0.2, 0) is 16.1 Å². The van der Waals surface area contributed by atoms with Crippen molar-refractivity contribution in [2.24, 2.45) is 11.8 Å². The van der Waals surface area contributed by atoms with Crippen LogP contribution in [0, 0.1) is 18.8 Å². The van der Waals surface area contributed by atoms with Gasteiger partial charge in [-0.25, -0.2) is 0 Å². The number of hydrogen-bond donors (Lipinski definition) is 2. The summed E-state index contributed by atoms with van der Waals surface area (Å²) in [6.45, 7) is 3.96. The molecule has 0 aliphatic heterocycles. The van der Waals surface area contributed by atoms with Crippen molar-refractivity contribution in [2.45, 2.75) is 26.8 Å². The Kier molecular flexibility index (Phi) is 5.16. The average molecular weight is 350 g/mol. The van der Waals surface area contributed by atoms with E-state index in [4.69, 9.17) is 0 Å². The molecule has 1 fully saturated rings. The van der Waals surface area contributed by atoms with Crippen LogP contribution in [-0.4, -0.2) is 17.6 Å². The number of amides is 2. The number of carbonyl (C=O) groups excluding carboxylic acids is 3. The lowest BCUT2D eigenvalue weighted by Gasteiger charge is -2.07. The molecule has 0 spiro atoms. The second kappa shape index (κ2) is 7.52. The molecule has 5 nitrogen and oxygen atoms in total. The summed E-state index contributed by atoms with van der Waals surface area (Å²) >= 11 is 0. The number of Topliss-reactive ketones (excluding diaryl/α,β-unsaturated/α-hetero) is 1. The Morgan fingerprint density at radius 3 is 2.38 bits per heavy atom. The molecular weight excluding hydrogens is 328 g/mol. The highest BCUT2D eigenvalue weighted by Crippen LogP contribution is 2.39. The molecule has 134 valence electrons. The second-order valence-corrected chi connectivity index (χ2v) is 6.78. The van der Waals surface area contributed by atoms with Crippen molar-refractivity contribution < 1.29 is 14.4 Å². The molecule has 0 heterocycles. The van der Waals surface area contributed by atoms with E-state index in [0.29, 0.717) is 24.2 Å². The summed E-state index contributed by atoms with van der Waals surface area (Å²) in [4.78, 5) is 35.9. The summed E-state index contributed by atoms with van der Waals surface area (Å²) in [6.07, 6.45) is 0.554. The highest BCUT2D eigenvalue weighted by molar-refractivity contribution is 6.01. The zero-order valence-corrected chi connectivity index (χ0v) is 14.9. The fraction of sp³-hybridized carbons (Fsp3) is 0.286. The van der Waals surface area contributed by atoms with Crippen molar-refractivity contribution in [3.8, 4) is 0 Å². The van der Waals surface area contributed by atoms with E-state index in [1.807, 2.05) is 31.2 Å². The third-order valence-electron chi connectivity index (χ3n) is 4.59. The number of benzene rings is 2. The molecule has 2 N–H and O–H groups in total. The summed E-state index contributed by atoms with van der Waals surface area (Å²) in [6, 6.07) is 14.8. The zero-order valence-electron chi connectivity index (χ0n) is 14.9. The maximum Gasteiger partial charge on any atom is 0.228 e. The Hall–Kier alpha value is -2.95. The molecule has 2 unspecified atom stereocenters. The first-order valence-electron chi connectivity index (χ1n) is 8.69. The first-order valence-corrected chi connectivity index (χ1v) is 8.69. The van der Waals surface area contributed by atoms with Gasteiger partial charge in [-0.2, -0.15) is 0 Å². The van der Waals surface area contributed by atoms with Crippen molar-refractivity contribution in [2.75, 3.05) is 5.32 Å². The van der Waals surface area contributed by atoms with Crippen LogP contribution in [0.15, 0.2) is 48.5 Å². The minimum atomic E-state index is -0.311. The van der Waals surface area contributed by atoms with Crippen LogP contribution < -0.4 is 10.6 Å². The molecule has 1 saturated carbocycles. The third kappa shape index (κ3) is 4.36. The molecule has 1 aliphatic rings. The van der Waals surface area contributed by atoms with Crippen LogP contribution in [0.4, 0.5) is 5.69 Å². The number of nitrogens with one attached hydrogen (secondary N) is 2. The lowest BCUT2D eigenvalue weighted by molar-refractivity contribution is -0.125. The summed E-state index contributed by atoms with van der Waals surface area (Å²) in [5, 5.41) is 5.68. The van der Waals surface area contributed by atoms with Crippen LogP contribution in [0.5, 0.6) is 0 Å². The lowest BCUT2D eigenvalue weighted by atomic mass is 10.1. The SMILES string of the molecule is CC(=O)c1cccc(NC(=O)C2CC2C(=O)NCc2ccc(C)cc2)c1. The molecule has 0 saturated heterocycles. The molecule has 0 radical (unpaired) electrons. The van der Waals surface area contributed by atoms with E-state index in [9.17, 15) is 14.4 Å². The molecule has 1 aliphatic carbocycles. The lowest BCUT2D eigenvalue weighted by Crippen LogP contribution is -2.27. The molecule has 26 heavy (non-hydrogen) atoms. The van der Waals surface area contributed by atoms with Gasteiger partial charge in [-0.3, -0.25) is 14.4 Å². The Labute approximate surface area is 152 Å². The van der Waals surface area contributed by atoms with Gasteiger partial charge in [-0.1, -0.05) is 42.0 Å². The van der Waals surface area contributed by atoms with Crippen LogP contribution in [0.3, 0.4) is 0 Å². The number of rotatable bonds is 6. The minimum Gasteiger partial charge on any atom is -0.352 e. The van der Waals surface area contributed by atoms with Gasteiger partial charge in [0.05, 0.1) is 11.8 Å². The first-order chi connectivity index (χ1) is 12.4. The summed E-state index contributed by atoms with van der Waals surface area (Å²) in [5.41, 5.74) is 3.33. The molecule has 2 aromatic carbocycles. The van der Waals surface area contributed by atoms with Gasteiger partial charge in [0.2, 0.25) is 11.8 Å². The maximum atomic E-state index is 12.3. The monoisotopic (exact) mass is 350 g/mol. The van der Waals surface area contributed by atoms with E-state index in [0.717, 1.165) is 5.56 Å². The van der Waals surface area contributed by atoms with Gasteiger partial charge in [0.1, 0.15) is 0 Å². The van der Waals surface area contributed by atoms with E-state index in [1.165, 1.54) is 12.5 Å². The number of anilines is 1. The predicted molar refractivity (Wildman–Crippen MR) is 99.7 cm³/mol. The summed E-state index contributed by atoms with van der Waals surface area (Å²) in [5.74, 6) is -0.921. The highest BCUT2D eigenvalue weighted by Gasteiger charge is 2.47. The molecule has 2 amide bonds. The molecule has 0 bridgehead atoms. The standard InChI is InChI=1S/C21H22N2O3/c1-13-6-8-15(9-7-13)12-22-20(25)18-11-19(18)21(26)23-17-5-3-4-16(10-17)14(2)24/h3-10,18-19H,11-12H2,1-2H3,(H,22,25)(H,23,26). The maximum absolute atomic E-state index is 12.3. The fourth-order valence-corrected chi connectivity index (χ4v) is 2.85. The van der Waals surface area contributed by atoms with Gasteiger partial charge in [-0.05, 0) is 38.0 Å². The smallest absolute Gasteiger partial charge is 0.228 e. The van der Waals surface area contributed by atoms with Crippen LogP contribution in [0.2, 0.25) is 0 Å². The van der Waals surface area contributed by atoms with Crippen molar-refractivity contribution in [1.82, 2.24) is 5.32 Å². The second-order valence-electron chi connectivity index (χ2n) is 6.78. The van der Waals surface area contributed by atoms with Crippen molar-refractivity contribution in [1.29, 1.82) is 0 Å². The third-order valence-corrected chi connectivity index (χ3v) is 4.59. The molecule has 0 aromatic heterocycles. The van der Waals surface area contributed by atoms with Gasteiger partial charge in [0.15, 0.2) is 5.78 Å². The molecule has 2 atom stereocenters. The Morgan fingerprint density at radius 1 is 1.00 bits per heavy atom. The first kappa shape index (κ1) is 17.9. The van der Waals surface area contributed by atoms with Crippen LogP contribution >= 0.6 is 0 Å². The normalized spacial score (nSPS) is 18.1. The van der Waals surface area contributed by atoms with Gasteiger partial charge in [0.25, 0.3) is 0 Å².